The van der Waals surface area contributed by atoms with E-state index in [1.54, 1.807) is 0 Å². The van der Waals surface area contributed by atoms with Crippen molar-refractivity contribution in [2.24, 2.45) is 0 Å². The smallest absolute Gasteiger partial charge is 0.382 e. The molecule has 0 saturated carbocycles. The van der Waals surface area contributed by atoms with Crippen LogP contribution in [0.15, 0.2) is 24.4 Å². The molecule has 0 aliphatic rings. The number of alkyl halides is 3. The maximum absolute atomic E-state index is 13.4. The first-order valence-corrected chi connectivity index (χ1v) is 6.27. The summed E-state index contributed by atoms with van der Waals surface area (Å²) in [6.45, 7) is 2.33. The van der Waals surface area contributed by atoms with Crippen LogP contribution in [0.4, 0.5) is 17.6 Å². The van der Waals surface area contributed by atoms with Crippen LogP contribution in [0.3, 0.4) is 0 Å². The van der Waals surface area contributed by atoms with Crippen molar-refractivity contribution in [1.82, 2.24) is 15.0 Å². The molecular weight excluding hydrogens is 290 g/mol. The van der Waals surface area contributed by atoms with Gasteiger partial charge in [-0.05, 0) is 30.2 Å². The van der Waals surface area contributed by atoms with E-state index in [9.17, 15) is 22.7 Å². The summed E-state index contributed by atoms with van der Waals surface area (Å²) in [7, 11) is 0. The van der Waals surface area contributed by atoms with Crippen molar-refractivity contribution in [2.45, 2.75) is 32.2 Å². The molecule has 114 valence electrons. The monoisotopic (exact) mass is 303 g/mol. The van der Waals surface area contributed by atoms with Gasteiger partial charge in [0.15, 0.2) is 0 Å². The van der Waals surface area contributed by atoms with Gasteiger partial charge in [0.2, 0.25) is 0 Å². The fourth-order valence-corrected chi connectivity index (χ4v) is 1.97. The van der Waals surface area contributed by atoms with Gasteiger partial charge in [-0.3, -0.25) is 0 Å². The van der Waals surface area contributed by atoms with Crippen molar-refractivity contribution in [3.63, 3.8) is 0 Å². The molecular formula is C13H13F4N3O. The molecule has 2 rings (SSSR count). The first kappa shape index (κ1) is 15.4. The van der Waals surface area contributed by atoms with E-state index in [2.05, 4.69) is 10.3 Å². The molecule has 0 radical (unpaired) electrons. The molecule has 0 bridgehead atoms. The fourth-order valence-electron chi connectivity index (χ4n) is 1.97. The van der Waals surface area contributed by atoms with Crippen molar-refractivity contribution < 1.29 is 22.7 Å². The second kappa shape index (κ2) is 5.80. The average Bonchev–Trinajstić information content (AvgIpc) is 2.85. The molecule has 2 aromatic rings. The van der Waals surface area contributed by atoms with E-state index in [0.717, 1.165) is 12.1 Å². The predicted octanol–water partition coefficient (Wildman–Crippen LogP) is 2.93. The van der Waals surface area contributed by atoms with E-state index in [-0.39, 0.29) is 11.3 Å². The Morgan fingerprint density at radius 2 is 2.00 bits per heavy atom. The van der Waals surface area contributed by atoms with Gasteiger partial charge in [-0.2, -0.15) is 13.2 Å². The van der Waals surface area contributed by atoms with Gasteiger partial charge in [0, 0.05) is 6.54 Å². The molecule has 1 unspecified atom stereocenters. The largest absolute Gasteiger partial charge is 0.416 e. The molecule has 1 atom stereocenters. The molecule has 0 fully saturated rings. The zero-order valence-corrected chi connectivity index (χ0v) is 11.1. The van der Waals surface area contributed by atoms with Crippen LogP contribution in [0.5, 0.6) is 0 Å². The highest BCUT2D eigenvalue weighted by atomic mass is 19.4. The van der Waals surface area contributed by atoms with Gasteiger partial charge in [-0.1, -0.05) is 12.1 Å². The molecule has 8 heteroatoms. The quantitative estimate of drug-likeness (QED) is 0.884. The van der Waals surface area contributed by atoms with E-state index in [4.69, 9.17) is 0 Å². The number of benzene rings is 1. The Morgan fingerprint density at radius 3 is 2.62 bits per heavy atom. The first-order valence-electron chi connectivity index (χ1n) is 6.27. The normalized spacial score (nSPS) is 13.4. The third-order valence-corrected chi connectivity index (χ3v) is 2.93. The second-order valence-corrected chi connectivity index (χ2v) is 4.56. The molecule has 0 aliphatic heterocycles. The molecule has 1 aromatic heterocycles. The van der Waals surface area contributed by atoms with Gasteiger partial charge in [0.05, 0.1) is 17.5 Å². The highest BCUT2D eigenvalue weighted by Gasteiger charge is 2.32. The highest BCUT2D eigenvalue weighted by molar-refractivity contribution is 5.31. The van der Waals surface area contributed by atoms with Crippen molar-refractivity contribution >= 4 is 0 Å². The summed E-state index contributed by atoms with van der Waals surface area (Å²) in [4.78, 5) is 0. The molecule has 21 heavy (non-hydrogen) atoms. The van der Waals surface area contributed by atoms with Gasteiger partial charge in [-0.25, -0.2) is 9.07 Å². The number of rotatable bonds is 4. The number of aromatic nitrogens is 3. The Hall–Kier alpha value is -1.96. The first-order chi connectivity index (χ1) is 9.82. The molecule has 1 heterocycles. The fraction of sp³-hybridized carbons (Fsp3) is 0.385. The Kier molecular flexibility index (Phi) is 4.26. The van der Waals surface area contributed by atoms with Gasteiger partial charge < -0.3 is 5.11 Å². The lowest BCUT2D eigenvalue weighted by atomic mass is 10.0. The summed E-state index contributed by atoms with van der Waals surface area (Å²) in [5, 5.41) is 17.5. The predicted molar refractivity (Wildman–Crippen MR) is 65.8 cm³/mol. The Bertz CT molecular complexity index is 624. The zero-order valence-electron chi connectivity index (χ0n) is 11.1. The lowest BCUT2D eigenvalue weighted by Gasteiger charge is -2.15. The standard InChI is InChI=1S/C13H13F4N3O/c1-2-3-20-11(7-18-19-20)12(21)8-4-9(13(15,16)17)6-10(14)5-8/h4-7,12,21H,2-3H2,1H3. The van der Waals surface area contributed by atoms with Crippen LogP contribution in [0.1, 0.15) is 36.3 Å². The van der Waals surface area contributed by atoms with Gasteiger partial charge >= 0.3 is 6.18 Å². The maximum Gasteiger partial charge on any atom is 0.416 e. The third-order valence-electron chi connectivity index (χ3n) is 2.93. The van der Waals surface area contributed by atoms with E-state index >= 15 is 0 Å². The maximum atomic E-state index is 13.4. The molecule has 4 nitrogen and oxygen atoms in total. The van der Waals surface area contributed by atoms with E-state index in [0.29, 0.717) is 19.0 Å². The van der Waals surface area contributed by atoms with Crippen LogP contribution in [-0.4, -0.2) is 20.1 Å². The van der Waals surface area contributed by atoms with Crippen molar-refractivity contribution in [1.29, 1.82) is 0 Å². The minimum absolute atomic E-state index is 0.193. The summed E-state index contributed by atoms with van der Waals surface area (Å²) in [5.74, 6) is -1.06. The van der Waals surface area contributed by atoms with Crippen LogP contribution in [0.2, 0.25) is 0 Å². The van der Waals surface area contributed by atoms with Crippen LogP contribution >= 0.6 is 0 Å². The number of hydrogen-bond acceptors (Lipinski definition) is 3. The lowest BCUT2D eigenvalue weighted by Crippen LogP contribution is -2.12. The molecule has 0 amide bonds. The number of aliphatic hydroxyl groups is 1. The average molecular weight is 303 g/mol. The summed E-state index contributed by atoms with van der Waals surface area (Å²) >= 11 is 0. The van der Waals surface area contributed by atoms with Crippen LogP contribution < -0.4 is 0 Å². The summed E-state index contributed by atoms with van der Waals surface area (Å²) in [6, 6.07) is 1.97. The van der Waals surface area contributed by atoms with Gasteiger partial charge in [0.25, 0.3) is 0 Å². The number of hydrogen-bond donors (Lipinski definition) is 1. The molecule has 0 aliphatic carbocycles. The zero-order chi connectivity index (χ0) is 15.6. The minimum Gasteiger partial charge on any atom is -0.382 e. The minimum atomic E-state index is -4.68. The number of nitrogens with zero attached hydrogens (tertiary/aromatic N) is 3. The number of aryl methyl sites for hydroxylation is 1. The van der Waals surface area contributed by atoms with Crippen LogP contribution in [0.25, 0.3) is 0 Å². The molecule has 1 N–H and O–H groups in total. The van der Waals surface area contributed by atoms with E-state index < -0.39 is 23.7 Å². The van der Waals surface area contributed by atoms with Crippen molar-refractivity contribution in [3.05, 3.63) is 47.0 Å². The van der Waals surface area contributed by atoms with Gasteiger partial charge in [-0.15, -0.1) is 5.10 Å². The topological polar surface area (TPSA) is 50.9 Å². The number of halogens is 4. The van der Waals surface area contributed by atoms with Gasteiger partial charge in [0.1, 0.15) is 11.9 Å². The van der Waals surface area contributed by atoms with E-state index in [1.165, 1.54) is 10.9 Å². The lowest BCUT2D eigenvalue weighted by molar-refractivity contribution is -0.137. The highest BCUT2D eigenvalue weighted by Crippen LogP contribution is 2.32. The second-order valence-electron chi connectivity index (χ2n) is 4.56. The Balaban J connectivity index is 2.41. The number of aliphatic hydroxyl groups excluding tert-OH is 1. The summed E-state index contributed by atoms with van der Waals surface area (Å²) in [6.07, 6.45) is -4.15. The summed E-state index contributed by atoms with van der Waals surface area (Å²) < 4.78 is 52.8. The van der Waals surface area contributed by atoms with Crippen molar-refractivity contribution in [3.8, 4) is 0 Å². The molecule has 1 aromatic carbocycles. The molecule has 0 saturated heterocycles. The van der Waals surface area contributed by atoms with Crippen LogP contribution in [-0.2, 0) is 12.7 Å². The third kappa shape index (κ3) is 3.38. The van der Waals surface area contributed by atoms with Crippen molar-refractivity contribution in [2.75, 3.05) is 0 Å². The Labute approximate surface area is 118 Å². The van der Waals surface area contributed by atoms with E-state index in [1.807, 2.05) is 6.92 Å². The SMILES string of the molecule is CCCn1nncc1C(O)c1cc(F)cc(C(F)(F)F)c1. The molecule has 0 spiro atoms. The van der Waals surface area contributed by atoms with Crippen LogP contribution in [0, 0.1) is 5.82 Å². The summed E-state index contributed by atoms with van der Waals surface area (Å²) in [5.41, 5.74) is -1.12. The Morgan fingerprint density at radius 1 is 1.29 bits per heavy atom.